The molecule has 0 unspecified atom stereocenters. The molecule has 0 saturated carbocycles. The van der Waals surface area contributed by atoms with Crippen molar-refractivity contribution in [2.75, 3.05) is 5.73 Å². The van der Waals surface area contributed by atoms with Gasteiger partial charge in [0.2, 0.25) is 0 Å². The normalized spacial score (nSPS) is 9.83. The van der Waals surface area contributed by atoms with Gasteiger partial charge in [0.05, 0.1) is 11.3 Å². The summed E-state index contributed by atoms with van der Waals surface area (Å²) < 4.78 is 18.5. The van der Waals surface area contributed by atoms with Crippen molar-refractivity contribution in [3.05, 3.63) is 53.3 Å². The van der Waals surface area contributed by atoms with E-state index in [-0.39, 0.29) is 11.3 Å². The van der Waals surface area contributed by atoms with Crippen LogP contribution in [0.2, 0.25) is 0 Å². The van der Waals surface area contributed by atoms with Gasteiger partial charge in [0.1, 0.15) is 17.6 Å². The van der Waals surface area contributed by atoms with Crippen LogP contribution in [-0.2, 0) is 0 Å². The van der Waals surface area contributed by atoms with Crippen LogP contribution in [0.4, 0.5) is 10.1 Å². The lowest BCUT2D eigenvalue weighted by atomic mass is 10.2. The summed E-state index contributed by atoms with van der Waals surface area (Å²) >= 11 is 0. The molecule has 2 aromatic rings. The van der Waals surface area contributed by atoms with Gasteiger partial charge in [0.25, 0.3) is 0 Å². The molecule has 4 heteroatoms. The summed E-state index contributed by atoms with van der Waals surface area (Å²) in [7, 11) is 0. The summed E-state index contributed by atoms with van der Waals surface area (Å²) in [6.45, 7) is 1.90. The van der Waals surface area contributed by atoms with Crippen LogP contribution in [0.3, 0.4) is 0 Å². The zero-order chi connectivity index (χ0) is 13.1. The van der Waals surface area contributed by atoms with E-state index in [0.29, 0.717) is 11.4 Å². The molecule has 0 aliphatic carbocycles. The van der Waals surface area contributed by atoms with Crippen molar-refractivity contribution in [1.29, 1.82) is 5.26 Å². The molecule has 0 heterocycles. The molecule has 0 fully saturated rings. The molecule has 2 N–H and O–H groups in total. The molecule has 0 saturated heterocycles. The van der Waals surface area contributed by atoms with Crippen molar-refractivity contribution in [2.24, 2.45) is 0 Å². The SMILES string of the molecule is Cc1ccc(N)c(Oc2ccc(F)cc2C#N)c1. The molecule has 0 radical (unpaired) electrons. The number of nitrogen functional groups attached to an aromatic ring is 1. The molecule has 0 spiro atoms. The van der Waals surface area contributed by atoms with Crippen LogP contribution in [0, 0.1) is 24.1 Å². The third-order valence-corrected chi connectivity index (χ3v) is 2.45. The molecule has 2 aromatic carbocycles. The Balaban J connectivity index is 2.40. The van der Waals surface area contributed by atoms with E-state index < -0.39 is 5.82 Å². The quantitative estimate of drug-likeness (QED) is 0.821. The van der Waals surface area contributed by atoms with Crippen LogP contribution in [0.1, 0.15) is 11.1 Å². The summed E-state index contributed by atoms with van der Waals surface area (Å²) in [5.74, 6) is 0.269. The van der Waals surface area contributed by atoms with Gasteiger partial charge in [-0.05, 0) is 42.8 Å². The fraction of sp³-hybridized carbons (Fsp3) is 0.0714. The van der Waals surface area contributed by atoms with E-state index in [1.54, 1.807) is 12.1 Å². The first-order chi connectivity index (χ1) is 8.60. The number of hydrogen-bond acceptors (Lipinski definition) is 3. The minimum atomic E-state index is -0.476. The van der Waals surface area contributed by atoms with E-state index in [4.69, 9.17) is 15.7 Å². The standard InChI is InChI=1S/C14H11FN2O/c1-9-2-4-12(17)14(6-9)18-13-5-3-11(15)7-10(13)8-16/h2-7H,17H2,1H3. The highest BCUT2D eigenvalue weighted by Gasteiger charge is 2.08. The fourth-order valence-electron chi connectivity index (χ4n) is 1.53. The van der Waals surface area contributed by atoms with Crippen molar-refractivity contribution in [3.8, 4) is 17.6 Å². The molecular formula is C14H11FN2O. The Morgan fingerprint density at radius 3 is 2.67 bits per heavy atom. The Labute approximate surface area is 104 Å². The van der Waals surface area contributed by atoms with Gasteiger partial charge in [-0.25, -0.2) is 4.39 Å². The number of nitrogens with two attached hydrogens (primary N) is 1. The molecule has 0 aromatic heterocycles. The Kier molecular flexibility index (Phi) is 3.16. The van der Waals surface area contributed by atoms with E-state index in [0.717, 1.165) is 11.6 Å². The largest absolute Gasteiger partial charge is 0.454 e. The van der Waals surface area contributed by atoms with Crippen molar-refractivity contribution in [2.45, 2.75) is 6.92 Å². The van der Waals surface area contributed by atoms with Gasteiger partial charge in [-0.2, -0.15) is 5.26 Å². The van der Waals surface area contributed by atoms with Crippen LogP contribution in [-0.4, -0.2) is 0 Å². The molecule has 3 nitrogen and oxygen atoms in total. The first-order valence-corrected chi connectivity index (χ1v) is 5.34. The lowest BCUT2D eigenvalue weighted by Crippen LogP contribution is -1.94. The average Bonchev–Trinajstić information content (AvgIpc) is 2.36. The lowest BCUT2D eigenvalue weighted by molar-refractivity contribution is 0.481. The number of halogens is 1. The van der Waals surface area contributed by atoms with E-state index in [1.807, 2.05) is 19.1 Å². The van der Waals surface area contributed by atoms with Gasteiger partial charge in [0.15, 0.2) is 5.75 Å². The lowest BCUT2D eigenvalue weighted by Gasteiger charge is -2.10. The van der Waals surface area contributed by atoms with Gasteiger partial charge in [-0.3, -0.25) is 0 Å². The topological polar surface area (TPSA) is 59.0 Å². The highest BCUT2D eigenvalue weighted by Crippen LogP contribution is 2.30. The van der Waals surface area contributed by atoms with Gasteiger partial charge in [-0.1, -0.05) is 6.07 Å². The number of ether oxygens (including phenoxy) is 1. The van der Waals surface area contributed by atoms with Crippen LogP contribution < -0.4 is 10.5 Å². The van der Waals surface area contributed by atoms with Gasteiger partial charge < -0.3 is 10.5 Å². The third-order valence-electron chi connectivity index (χ3n) is 2.45. The molecular weight excluding hydrogens is 231 g/mol. The Morgan fingerprint density at radius 2 is 1.94 bits per heavy atom. The van der Waals surface area contributed by atoms with Crippen LogP contribution >= 0.6 is 0 Å². The minimum Gasteiger partial charge on any atom is -0.454 e. The molecule has 2 rings (SSSR count). The number of nitriles is 1. The van der Waals surface area contributed by atoms with Crippen molar-refractivity contribution in [3.63, 3.8) is 0 Å². The summed E-state index contributed by atoms with van der Waals surface area (Å²) in [5.41, 5.74) is 7.36. The van der Waals surface area contributed by atoms with Gasteiger partial charge in [0, 0.05) is 0 Å². The number of benzene rings is 2. The highest BCUT2D eigenvalue weighted by atomic mass is 19.1. The second-order valence-electron chi connectivity index (χ2n) is 3.90. The van der Waals surface area contributed by atoms with E-state index >= 15 is 0 Å². The molecule has 0 aliphatic rings. The van der Waals surface area contributed by atoms with Crippen LogP contribution in [0.15, 0.2) is 36.4 Å². The summed E-state index contributed by atoms with van der Waals surface area (Å²) in [6.07, 6.45) is 0. The van der Waals surface area contributed by atoms with Crippen molar-refractivity contribution < 1.29 is 9.13 Å². The summed E-state index contributed by atoms with van der Waals surface area (Å²) in [5, 5.41) is 8.92. The Morgan fingerprint density at radius 1 is 1.17 bits per heavy atom. The molecule has 90 valence electrons. The molecule has 18 heavy (non-hydrogen) atoms. The van der Waals surface area contributed by atoms with Gasteiger partial charge in [-0.15, -0.1) is 0 Å². The number of hydrogen-bond donors (Lipinski definition) is 1. The molecule has 0 atom stereocenters. The average molecular weight is 242 g/mol. The zero-order valence-electron chi connectivity index (χ0n) is 9.77. The molecule has 0 amide bonds. The van der Waals surface area contributed by atoms with E-state index in [1.165, 1.54) is 12.1 Å². The second kappa shape index (κ2) is 4.76. The fourth-order valence-corrected chi connectivity index (χ4v) is 1.53. The predicted molar refractivity (Wildman–Crippen MR) is 66.8 cm³/mol. The number of anilines is 1. The first kappa shape index (κ1) is 11.9. The van der Waals surface area contributed by atoms with E-state index in [9.17, 15) is 4.39 Å². The van der Waals surface area contributed by atoms with Crippen molar-refractivity contribution in [1.82, 2.24) is 0 Å². The van der Waals surface area contributed by atoms with Crippen LogP contribution in [0.5, 0.6) is 11.5 Å². The third kappa shape index (κ3) is 2.41. The second-order valence-corrected chi connectivity index (χ2v) is 3.90. The Hall–Kier alpha value is -2.54. The number of aryl methyl sites for hydroxylation is 1. The maximum Gasteiger partial charge on any atom is 0.150 e. The van der Waals surface area contributed by atoms with E-state index in [2.05, 4.69) is 0 Å². The molecule has 0 bridgehead atoms. The minimum absolute atomic E-state index is 0.135. The monoisotopic (exact) mass is 242 g/mol. The maximum atomic E-state index is 13.0. The van der Waals surface area contributed by atoms with Gasteiger partial charge >= 0.3 is 0 Å². The van der Waals surface area contributed by atoms with Crippen molar-refractivity contribution >= 4 is 5.69 Å². The smallest absolute Gasteiger partial charge is 0.150 e. The highest BCUT2D eigenvalue weighted by molar-refractivity contribution is 5.56. The molecule has 0 aliphatic heterocycles. The zero-order valence-corrected chi connectivity index (χ0v) is 9.77. The summed E-state index contributed by atoms with van der Waals surface area (Å²) in [4.78, 5) is 0. The number of rotatable bonds is 2. The number of nitrogens with zero attached hydrogens (tertiary/aromatic N) is 1. The first-order valence-electron chi connectivity index (χ1n) is 5.34. The predicted octanol–water partition coefficient (Wildman–Crippen LogP) is 3.38. The van der Waals surface area contributed by atoms with Crippen LogP contribution in [0.25, 0.3) is 0 Å². The summed E-state index contributed by atoms with van der Waals surface area (Å²) in [6, 6.07) is 11.0. The maximum absolute atomic E-state index is 13.0. The Bertz CT molecular complexity index is 632.